The van der Waals surface area contributed by atoms with Crippen LogP contribution in [-0.4, -0.2) is 30.7 Å². The fourth-order valence-electron chi connectivity index (χ4n) is 2.07. The van der Waals surface area contributed by atoms with Crippen molar-refractivity contribution < 1.29 is 19.2 Å². The number of carbonyl (C=O) groups is 1. The number of benzene rings is 1. The number of fused-ring (bicyclic) bond motifs is 1. The van der Waals surface area contributed by atoms with E-state index in [-0.39, 0.29) is 24.1 Å². The Morgan fingerprint density at radius 2 is 2.00 bits per heavy atom. The van der Waals surface area contributed by atoms with E-state index in [2.05, 4.69) is 10.6 Å². The van der Waals surface area contributed by atoms with Crippen molar-refractivity contribution in [3.63, 3.8) is 0 Å². The summed E-state index contributed by atoms with van der Waals surface area (Å²) in [5.74, 6) is 0.331. The molecule has 0 spiro atoms. The van der Waals surface area contributed by atoms with Crippen molar-refractivity contribution in [2.45, 2.75) is 6.92 Å². The Morgan fingerprint density at radius 3 is 2.57 bits per heavy atom. The third-order valence-corrected chi connectivity index (χ3v) is 3.48. The molecule has 1 saturated heterocycles. The van der Waals surface area contributed by atoms with E-state index in [0.717, 1.165) is 5.57 Å². The van der Waals surface area contributed by atoms with Crippen molar-refractivity contribution in [3.05, 3.63) is 33.4 Å². The molecule has 2 aliphatic heterocycles. The van der Waals surface area contributed by atoms with Gasteiger partial charge in [0.15, 0.2) is 11.5 Å². The summed E-state index contributed by atoms with van der Waals surface area (Å²) in [6, 6.07) is 2.67. The van der Waals surface area contributed by atoms with Crippen molar-refractivity contribution in [3.8, 4) is 11.5 Å². The van der Waals surface area contributed by atoms with Crippen LogP contribution < -0.4 is 20.1 Å². The van der Waals surface area contributed by atoms with Crippen LogP contribution >= 0.6 is 0 Å². The molecule has 0 saturated carbocycles. The van der Waals surface area contributed by atoms with Crippen LogP contribution in [0.3, 0.4) is 0 Å². The summed E-state index contributed by atoms with van der Waals surface area (Å²) in [4.78, 5) is 22.7. The molecular formula is C13H13N3O5. The fraction of sp³-hybridized carbons (Fsp3) is 0.308. The summed E-state index contributed by atoms with van der Waals surface area (Å²) in [7, 11) is 0. The van der Waals surface area contributed by atoms with Gasteiger partial charge >= 0.3 is 0 Å². The molecule has 8 heteroatoms. The molecule has 0 aromatic heterocycles. The molecule has 0 unspecified atom stereocenters. The lowest BCUT2D eigenvalue weighted by molar-refractivity contribution is -0.384. The minimum atomic E-state index is -0.565. The average Bonchev–Trinajstić information content (AvgIpc) is 2.82. The van der Waals surface area contributed by atoms with E-state index in [1.54, 1.807) is 6.92 Å². The fourth-order valence-corrected chi connectivity index (χ4v) is 2.07. The van der Waals surface area contributed by atoms with Gasteiger partial charge in [0.2, 0.25) is 6.79 Å². The third kappa shape index (κ3) is 2.40. The second kappa shape index (κ2) is 5.06. The van der Waals surface area contributed by atoms with E-state index >= 15 is 0 Å². The number of nitro benzene ring substituents is 1. The topological polar surface area (TPSA) is 103 Å². The molecule has 110 valence electrons. The van der Waals surface area contributed by atoms with Gasteiger partial charge in [0.25, 0.3) is 11.6 Å². The number of ether oxygens (including phenoxy) is 2. The first-order valence-electron chi connectivity index (χ1n) is 6.35. The van der Waals surface area contributed by atoms with E-state index < -0.39 is 4.92 Å². The number of hydrogen-bond acceptors (Lipinski definition) is 6. The van der Waals surface area contributed by atoms with Gasteiger partial charge in [0.05, 0.1) is 11.0 Å². The lowest BCUT2D eigenvalue weighted by Crippen LogP contribution is -2.36. The summed E-state index contributed by atoms with van der Waals surface area (Å²) in [5, 5.41) is 16.7. The van der Waals surface area contributed by atoms with E-state index in [1.165, 1.54) is 12.1 Å². The van der Waals surface area contributed by atoms with Gasteiger partial charge in [-0.15, -0.1) is 0 Å². The first kappa shape index (κ1) is 13.4. The molecular weight excluding hydrogens is 278 g/mol. The van der Waals surface area contributed by atoms with Gasteiger partial charge in [0.1, 0.15) is 5.69 Å². The van der Waals surface area contributed by atoms with Gasteiger partial charge in [-0.2, -0.15) is 0 Å². The van der Waals surface area contributed by atoms with Gasteiger partial charge in [-0.05, 0) is 12.5 Å². The largest absolute Gasteiger partial charge is 0.454 e. The molecule has 1 fully saturated rings. The monoisotopic (exact) mass is 291 g/mol. The lowest BCUT2D eigenvalue weighted by atomic mass is 10.0. The van der Waals surface area contributed by atoms with Crippen LogP contribution in [0.15, 0.2) is 23.3 Å². The number of carbonyl (C=O) groups excluding carboxylic acids is 1. The zero-order valence-electron chi connectivity index (χ0n) is 11.3. The Morgan fingerprint density at radius 1 is 1.33 bits per heavy atom. The maximum absolute atomic E-state index is 12.1. The summed E-state index contributed by atoms with van der Waals surface area (Å²) in [6.07, 6.45) is 0. The highest BCUT2D eigenvalue weighted by Gasteiger charge is 2.25. The highest BCUT2D eigenvalue weighted by atomic mass is 16.7. The number of nitrogens with zero attached hydrogens (tertiary/aromatic N) is 1. The maximum atomic E-state index is 12.1. The SMILES string of the molecule is CC(C(=O)Nc1cc2c(cc1[N+](=O)[O-])OCO2)=C1CNC1. The molecule has 2 heterocycles. The van der Waals surface area contributed by atoms with E-state index in [0.29, 0.717) is 30.2 Å². The summed E-state index contributed by atoms with van der Waals surface area (Å²) < 4.78 is 10.3. The van der Waals surface area contributed by atoms with E-state index in [9.17, 15) is 14.9 Å². The molecule has 8 nitrogen and oxygen atoms in total. The molecule has 1 amide bonds. The van der Waals surface area contributed by atoms with Crippen molar-refractivity contribution in [2.75, 3.05) is 25.2 Å². The zero-order valence-corrected chi connectivity index (χ0v) is 11.3. The number of anilines is 1. The molecule has 0 atom stereocenters. The normalized spacial score (nSPS) is 15.4. The van der Waals surface area contributed by atoms with Crippen molar-refractivity contribution in [1.29, 1.82) is 0 Å². The van der Waals surface area contributed by atoms with E-state index in [4.69, 9.17) is 9.47 Å². The minimum absolute atomic E-state index is 0.0125. The first-order chi connectivity index (χ1) is 10.1. The molecule has 1 aromatic rings. The Kier molecular flexibility index (Phi) is 3.22. The smallest absolute Gasteiger partial charge is 0.296 e. The number of nitrogens with one attached hydrogen (secondary N) is 2. The van der Waals surface area contributed by atoms with Gasteiger partial charge in [-0.25, -0.2) is 0 Å². The summed E-state index contributed by atoms with van der Waals surface area (Å²) >= 11 is 0. The zero-order chi connectivity index (χ0) is 15.0. The third-order valence-electron chi connectivity index (χ3n) is 3.48. The Labute approximate surface area is 119 Å². The maximum Gasteiger partial charge on any atom is 0.296 e. The summed E-state index contributed by atoms with van der Waals surface area (Å²) in [5.41, 5.74) is 1.44. The molecule has 1 aromatic carbocycles. The van der Waals surface area contributed by atoms with Crippen molar-refractivity contribution in [1.82, 2.24) is 5.32 Å². The minimum Gasteiger partial charge on any atom is -0.454 e. The quantitative estimate of drug-likeness (QED) is 0.492. The van der Waals surface area contributed by atoms with Crippen LogP contribution in [0.5, 0.6) is 11.5 Å². The number of rotatable bonds is 3. The Balaban J connectivity index is 1.91. The second-order valence-corrected chi connectivity index (χ2v) is 4.77. The molecule has 0 radical (unpaired) electrons. The number of hydrogen-bond donors (Lipinski definition) is 2. The molecule has 2 N–H and O–H groups in total. The molecule has 2 aliphatic rings. The Bertz CT molecular complexity index is 662. The van der Waals surface area contributed by atoms with Gasteiger partial charge < -0.3 is 20.1 Å². The van der Waals surface area contributed by atoms with Crippen LogP contribution in [-0.2, 0) is 4.79 Å². The van der Waals surface area contributed by atoms with Crippen LogP contribution in [0.25, 0.3) is 0 Å². The second-order valence-electron chi connectivity index (χ2n) is 4.77. The predicted octanol–water partition coefficient (Wildman–Crippen LogP) is 1.18. The van der Waals surface area contributed by atoms with Crippen LogP contribution in [0.2, 0.25) is 0 Å². The van der Waals surface area contributed by atoms with Gasteiger partial charge in [-0.3, -0.25) is 14.9 Å². The number of nitro groups is 1. The lowest BCUT2D eigenvalue weighted by Gasteiger charge is -2.21. The average molecular weight is 291 g/mol. The molecule has 3 rings (SSSR count). The van der Waals surface area contributed by atoms with Crippen LogP contribution in [0.4, 0.5) is 11.4 Å². The van der Waals surface area contributed by atoms with E-state index in [1.807, 2.05) is 0 Å². The Hall–Kier alpha value is -2.61. The van der Waals surface area contributed by atoms with Crippen molar-refractivity contribution in [2.24, 2.45) is 0 Å². The highest BCUT2D eigenvalue weighted by molar-refractivity contribution is 6.05. The number of amides is 1. The van der Waals surface area contributed by atoms with Gasteiger partial charge in [0, 0.05) is 24.7 Å². The summed E-state index contributed by atoms with van der Waals surface area (Å²) in [6.45, 7) is 3.05. The predicted molar refractivity (Wildman–Crippen MR) is 73.4 cm³/mol. The first-order valence-corrected chi connectivity index (χ1v) is 6.35. The van der Waals surface area contributed by atoms with Crippen molar-refractivity contribution >= 4 is 17.3 Å². The standard InChI is InChI=1S/C13H13N3O5/c1-7(8-4-14-5-8)13(17)15-9-2-11-12(21-6-20-11)3-10(9)16(18)19/h2-3,14H,4-6H2,1H3,(H,15,17). The molecule has 0 aliphatic carbocycles. The van der Waals surface area contributed by atoms with Gasteiger partial charge in [-0.1, -0.05) is 0 Å². The molecule has 21 heavy (non-hydrogen) atoms. The van der Waals surface area contributed by atoms with Crippen LogP contribution in [0.1, 0.15) is 6.92 Å². The van der Waals surface area contributed by atoms with Crippen LogP contribution in [0, 0.1) is 10.1 Å². The molecule has 0 bridgehead atoms. The highest BCUT2D eigenvalue weighted by Crippen LogP contribution is 2.40.